The van der Waals surface area contributed by atoms with Gasteiger partial charge in [0.15, 0.2) is 0 Å². The van der Waals surface area contributed by atoms with Crippen LogP contribution in [0.2, 0.25) is 0 Å². The zero-order valence-electron chi connectivity index (χ0n) is 15.6. The molecule has 0 unspecified atom stereocenters. The molecule has 142 valence electrons. The number of hydrogen-bond donors (Lipinski definition) is 0. The molecule has 1 amide bonds. The minimum atomic E-state index is -3.64. The van der Waals surface area contributed by atoms with Gasteiger partial charge in [-0.1, -0.05) is 6.92 Å². The van der Waals surface area contributed by atoms with Crippen molar-refractivity contribution in [1.82, 2.24) is 14.2 Å². The molecule has 0 fully saturated rings. The zero-order chi connectivity index (χ0) is 19.3. The van der Waals surface area contributed by atoms with Gasteiger partial charge in [0, 0.05) is 31.1 Å². The largest absolute Gasteiger partial charge is 0.339 e. The molecule has 2 rings (SSSR count). The van der Waals surface area contributed by atoms with Crippen molar-refractivity contribution in [3.05, 3.63) is 45.9 Å². The molecule has 0 N–H and O–H groups in total. The molecule has 0 atom stereocenters. The first-order valence-corrected chi connectivity index (χ1v) is 10.9. The van der Waals surface area contributed by atoms with Crippen molar-refractivity contribution in [2.24, 2.45) is 0 Å². The summed E-state index contributed by atoms with van der Waals surface area (Å²) in [6.45, 7) is 7.30. The second kappa shape index (κ2) is 8.75. The topological polar surface area (TPSA) is 70.6 Å². The van der Waals surface area contributed by atoms with Gasteiger partial charge in [0.25, 0.3) is 5.91 Å². The Morgan fingerprint density at radius 2 is 1.73 bits per heavy atom. The lowest BCUT2D eigenvalue weighted by Crippen LogP contribution is -2.30. The van der Waals surface area contributed by atoms with Gasteiger partial charge in [0.2, 0.25) is 10.0 Å². The van der Waals surface area contributed by atoms with Crippen LogP contribution in [0.1, 0.15) is 41.8 Å². The number of carbonyl (C=O) groups is 1. The molecule has 0 bridgehead atoms. The maximum atomic E-state index is 12.7. The molecule has 0 aliphatic heterocycles. The van der Waals surface area contributed by atoms with Crippen molar-refractivity contribution in [1.29, 1.82) is 0 Å². The van der Waals surface area contributed by atoms with Gasteiger partial charge in [0.1, 0.15) is 0 Å². The average Bonchev–Trinajstić information content (AvgIpc) is 3.10. The van der Waals surface area contributed by atoms with Crippen molar-refractivity contribution in [2.75, 3.05) is 20.1 Å². The number of sulfonamides is 1. The highest BCUT2D eigenvalue weighted by Gasteiger charge is 2.22. The number of aromatic nitrogens is 1. The Morgan fingerprint density at radius 1 is 1.12 bits per heavy atom. The Hall–Kier alpha value is -1.77. The fourth-order valence-electron chi connectivity index (χ4n) is 2.54. The van der Waals surface area contributed by atoms with E-state index in [2.05, 4.69) is 4.98 Å². The van der Waals surface area contributed by atoms with E-state index in [1.54, 1.807) is 17.0 Å². The van der Waals surface area contributed by atoms with Crippen molar-refractivity contribution in [3.8, 4) is 0 Å². The van der Waals surface area contributed by atoms with E-state index in [-0.39, 0.29) is 17.3 Å². The van der Waals surface area contributed by atoms with Crippen LogP contribution in [0.4, 0.5) is 0 Å². The molecule has 6 nitrogen and oxygen atoms in total. The predicted molar refractivity (Wildman–Crippen MR) is 104 cm³/mol. The molecule has 0 saturated heterocycles. The summed E-state index contributed by atoms with van der Waals surface area (Å²) in [4.78, 5) is 18.6. The van der Waals surface area contributed by atoms with E-state index in [1.807, 2.05) is 26.2 Å². The van der Waals surface area contributed by atoms with Crippen LogP contribution >= 0.6 is 11.3 Å². The quantitative estimate of drug-likeness (QED) is 0.689. The third kappa shape index (κ3) is 4.49. The van der Waals surface area contributed by atoms with E-state index in [9.17, 15) is 13.2 Å². The molecule has 2 aromatic rings. The fraction of sp³-hybridized carbons (Fsp3) is 0.444. The van der Waals surface area contributed by atoms with Gasteiger partial charge in [-0.3, -0.25) is 4.79 Å². The first-order valence-electron chi connectivity index (χ1n) is 8.62. The van der Waals surface area contributed by atoms with Gasteiger partial charge in [-0.2, -0.15) is 4.31 Å². The molecular formula is C18H25N3O3S2. The molecule has 0 radical (unpaired) electrons. The highest BCUT2D eigenvalue weighted by Crippen LogP contribution is 2.19. The van der Waals surface area contributed by atoms with Crippen LogP contribution in [0.15, 0.2) is 34.5 Å². The van der Waals surface area contributed by atoms with Crippen LogP contribution in [0, 0.1) is 0 Å². The lowest BCUT2D eigenvalue weighted by molar-refractivity contribution is 0.0773. The number of amides is 1. The number of benzene rings is 1. The zero-order valence-corrected chi connectivity index (χ0v) is 17.2. The summed E-state index contributed by atoms with van der Waals surface area (Å²) in [5.74, 6) is -0.0955. The van der Waals surface area contributed by atoms with Gasteiger partial charge in [-0.05, 0) is 44.5 Å². The summed E-state index contributed by atoms with van der Waals surface area (Å²) in [6.07, 6.45) is 0.836. The third-order valence-corrected chi connectivity index (χ3v) is 7.01. The van der Waals surface area contributed by atoms with Crippen molar-refractivity contribution in [3.63, 3.8) is 0 Å². The third-order valence-electron chi connectivity index (χ3n) is 4.15. The van der Waals surface area contributed by atoms with Crippen LogP contribution in [0.25, 0.3) is 0 Å². The molecule has 26 heavy (non-hydrogen) atoms. The number of hydrogen-bond acceptors (Lipinski definition) is 5. The van der Waals surface area contributed by atoms with Gasteiger partial charge >= 0.3 is 0 Å². The maximum Gasteiger partial charge on any atom is 0.253 e. The first kappa shape index (κ1) is 20.5. The standard InChI is InChI=1S/C18H25N3O3S2/c1-5-17-19-15(13-25-17)12-20(4)26(23,24)16-10-8-14(9-11-16)18(22)21(6-2)7-3/h8-11,13H,5-7,12H2,1-4H3. The SMILES string of the molecule is CCc1nc(CN(C)S(=O)(=O)c2ccc(C(=O)N(CC)CC)cc2)cs1. The highest BCUT2D eigenvalue weighted by atomic mass is 32.2. The predicted octanol–water partition coefficient (Wildman–Crippen LogP) is 3.01. The smallest absolute Gasteiger partial charge is 0.253 e. The molecule has 0 saturated carbocycles. The summed E-state index contributed by atoms with van der Waals surface area (Å²) in [5.41, 5.74) is 1.23. The number of thiazole rings is 1. The molecule has 0 spiro atoms. The Kier molecular flexibility index (Phi) is 6.91. The molecule has 1 aromatic carbocycles. The molecule has 0 aliphatic carbocycles. The Labute approximate surface area is 159 Å². The summed E-state index contributed by atoms with van der Waals surface area (Å²) in [6, 6.07) is 6.11. The molecular weight excluding hydrogens is 370 g/mol. The Bertz CT molecular complexity index is 841. The minimum Gasteiger partial charge on any atom is -0.339 e. The number of aryl methyl sites for hydroxylation is 1. The maximum absolute atomic E-state index is 12.7. The summed E-state index contributed by atoms with van der Waals surface area (Å²) < 4.78 is 26.8. The fourth-order valence-corrected chi connectivity index (χ4v) is 4.42. The normalized spacial score (nSPS) is 11.7. The van der Waals surface area contributed by atoms with Gasteiger partial charge < -0.3 is 4.90 Å². The van der Waals surface area contributed by atoms with Gasteiger partial charge in [-0.25, -0.2) is 13.4 Å². The van der Waals surface area contributed by atoms with E-state index >= 15 is 0 Å². The van der Waals surface area contributed by atoms with E-state index in [1.165, 1.54) is 34.8 Å². The molecule has 1 aromatic heterocycles. The van der Waals surface area contributed by atoms with Crippen LogP contribution in [-0.4, -0.2) is 48.7 Å². The Balaban J connectivity index is 2.16. The van der Waals surface area contributed by atoms with E-state index < -0.39 is 10.0 Å². The summed E-state index contributed by atoms with van der Waals surface area (Å²) in [5, 5.41) is 2.88. The van der Waals surface area contributed by atoms with Crippen LogP contribution in [0.5, 0.6) is 0 Å². The van der Waals surface area contributed by atoms with Crippen LogP contribution in [0.3, 0.4) is 0 Å². The highest BCUT2D eigenvalue weighted by molar-refractivity contribution is 7.89. The second-order valence-electron chi connectivity index (χ2n) is 5.85. The van der Waals surface area contributed by atoms with Crippen molar-refractivity contribution >= 4 is 27.3 Å². The van der Waals surface area contributed by atoms with Gasteiger partial charge in [-0.15, -0.1) is 11.3 Å². The summed E-state index contributed by atoms with van der Waals surface area (Å²) in [7, 11) is -2.10. The first-order chi connectivity index (χ1) is 12.3. The average molecular weight is 396 g/mol. The van der Waals surface area contributed by atoms with E-state index in [0.29, 0.717) is 18.7 Å². The lowest BCUT2D eigenvalue weighted by Gasteiger charge is -2.19. The Morgan fingerprint density at radius 3 is 2.23 bits per heavy atom. The van der Waals surface area contributed by atoms with Gasteiger partial charge in [0.05, 0.1) is 22.1 Å². The number of rotatable bonds is 8. The van der Waals surface area contributed by atoms with Crippen LogP contribution in [-0.2, 0) is 23.0 Å². The number of carbonyl (C=O) groups excluding carboxylic acids is 1. The monoisotopic (exact) mass is 395 g/mol. The second-order valence-corrected chi connectivity index (χ2v) is 8.84. The lowest BCUT2D eigenvalue weighted by atomic mass is 10.2. The molecule has 1 heterocycles. The van der Waals surface area contributed by atoms with Crippen molar-refractivity contribution < 1.29 is 13.2 Å². The van der Waals surface area contributed by atoms with Crippen LogP contribution < -0.4 is 0 Å². The summed E-state index contributed by atoms with van der Waals surface area (Å²) >= 11 is 1.54. The van der Waals surface area contributed by atoms with E-state index in [0.717, 1.165) is 17.1 Å². The number of nitrogens with zero attached hydrogens (tertiary/aromatic N) is 3. The molecule has 0 aliphatic rings. The molecule has 8 heteroatoms. The minimum absolute atomic E-state index is 0.0955. The van der Waals surface area contributed by atoms with Crippen molar-refractivity contribution in [2.45, 2.75) is 38.6 Å². The van der Waals surface area contributed by atoms with E-state index in [4.69, 9.17) is 0 Å².